The third kappa shape index (κ3) is 2.89. The Morgan fingerprint density at radius 1 is 1.71 bits per heavy atom. The molecule has 2 atom stereocenters. The molecule has 1 saturated heterocycles. The van der Waals surface area contributed by atoms with E-state index in [4.69, 9.17) is 5.11 Å². The Morgan fingerprint density at radius 3 is 2.93 bits per heavy atom. The highest BCUT2D eigenvalue weighted by Crippen LogP contribution is 2.18. The number of likely N-dealkylation sites (tertiary alicyclic amines) is 1. The molecule has 1 rings (SSSR count). The molecule has 1 heterocycles. The van der Waals surface area contributed by atoms with E-state index in [-0.39, 0.29) is 18.4 Å². The average Bonchev–Trinajstić information content (AvgIpc) is 2.65. The summed E-state index contributed by atoms with van der Waals surface area (Å²) in [6.07, 6.45) is 2.97. The van der Waals surface area contributed by atoms with Gasteiger partial charge in [0.1, 0.15) is 0 Å². The maximum atomic E-state index is 11.8. The van der Waals surface area contributed by atoms with Gasteiger partial charge in [0, 0.05) is 37.3 Å². The number of carbonyl (C=O) groups is 1. The number of rotatable bonds is 4. The molecule has 0 aromatic heterocycles. The first kappa shape index (κ1) is 11.9. The van der Waals surface area contributed by atoms with E-state index in [1.807, 2.05) is 18.1 Å². The Kier molecular flexibility index (Phi) is 4.75. The van der Waals surface area contributed by atoms with E-state index in [2.05, 4.69) is 0 Å². The molecule has 4 heteroatoms. The molecular formula is C10H19NO2S. The Bertz CT molecular complexity index is 199. The van der Waals surface area contributed by atoms with Crippen molar-refractivity contribution in [2.24, 2.45) is 11.8 Å². The first-order valence-corrected chi connectivity index (χ1v) is 6.47. The maximum absolute atomic E-state index is 11.8. The van der Waals surface area contributed by atoms with Gasteiger partial charge in [0.25, 0.3) is 0 Å². The molecule has 0 spiro atoms. The van der Waals surface area contributed by atoms with Crippen molar-refractivity contribution in [2.75, 3.05) is 31.7 Å². The van der Waals surface area contributed by atoms with E-state index in [1.54, 1.807) is 11.8 Å². The van der Waals surface area contributed by atoms with Gasteiger partial charge in [-0.1, -0.05) is 6.92 Å². The van der Waals surface area contributed by atoms with Crippen molar-refractivity contribution in [1.29, 1.82) is 0 Å². The van der Waals surface area contributed by atoms with Gasteiger partial charge in [-0.25, -0.2) is 0 Å². The van der Waals surface area contributed by atoms with Crippen molar-refractivity contribution in [3.05, 3.63) is 0 Å². The quantitative estimate of drug-likeness (QED) is 0.758. The van der Waals surface area contributed by atoms with Crippen molar-refractivity contribution in [2.45, 2.75) is 13.3 Å². The number of hydrogen-bond donors (Lipinski definition) is 1. The third-order valence-electron chi connectivity index (χ3n) is 2.69. The van der Waals surface area contributed by atoms with Crippen LogP contribution in [0.2, 0.25) is 0 Å². The molecule has 1 amide bonds. The zero-order valence-corrected chi connectivity index (χ0v) is 9.72. The third-order valence-corrected chi connectivity index (χ3v) is 3.53. The maximum Gasteiger partial charge on any atom is 0.226 e. The number of carbonyl (C=O) groups excluding carboxylic acids is 1. The van der Waals surface area contributed by atoms with Crippen molar-refractivity contribution in [1.82, 2.24) is 4.90 Å². The largest absolute Gasteiger partial charge is 0.396 e. The second kappa shape index (κ2) is 5.61. The fraction of sp³-hybridized carbons (Fsp3) is 0.900. The highest BCUT2D eigenvalue weighted by atomic mass is 32.2. The molecule has 0 bridgehead atoms. The molecule has 0 radical (unpaired) electrons. The molecule has 0 aromatic rings. The van der Waals surface area contributed by atoms with E-state index in [1.165, 1.54) is 0 Å². The first-order chi connectivity index (χ1) is 6.69. The van der Waals surface area contributed by atoms with Gasteiger partial charge in [0.2, 0.25) is 5.91 Å². The highest BCUT2D eigenvalue weighted by molar-refractivity contribution is 7.98. The Morgan fingerprint density at radius 2 is 2.43 bits per heavy atom. The number of aliphatic hydroxyl groups is 1. The SMILES string of the molecule is CSCC(C)C(=O)N1CCC(CO)C1. The first-order valence-electron chi connectivity index (χ1n) is 5.07. The zero-order chi connectivity index (χ0) is 10.6. The van der Waals surface area contributed by atoms with E-state index >= 15 is 0 Å². The summed E-state index contributed by atoms with van der Waals surface area (Å²) in [5.41, 5.74) is 0. The number of thioether (sulfide) groups is 1. The fourth-order valence-corrected chi connectivity index (χ4v) is 2.46. The van der Waals surface area contributed by atoms with Crippen LogP contribution < -0.4 is 0 Å². The molecule has 2 unspecified atom stereocenters. The van der Waals surface area contributed by atoms with Crippen molar-refractivity contribution < 1.29 is 9.90 Å². The van der Waals surface area contributed by atoms with Crippen LogP contribution in [0.4, 0.5) is 0 Å². The minimum absolute atomic E-state index is 0.113. The van der Waals surface area contributed by atoms with Gasteiger partial charge in [-0.15, -0.1) is 0 Å². The van der Waals surface area contributed by atoms with E-state index < -0.39 is 0 Å². The second-order valence-corrected chi connectivity index (χ2v) is 4.89. The summed E-state index contributed by atoms with van der Waals surface area (Å²) in [6, 6.07) is 0. The summed E-state index contributed by atoms with van der Waals surface area (Å²) in [4.78, 5) is 13.7. The summed E-state index contributed by atoms with van der Waals surface area (Å²) in [5, 5.41) is 8.97. The van der Waals surface area contributed by atoms with E-state index in [0.717, 1.165) is 25.3 Å². The second-order valence-electron chi connectivity index (χ2n) is 3.98. The summed E-state index contributed by atoms with van der Waals surface area (Å²) in [7, 11) is 0. The summed E-state index contributed by atoms with van der Waals surface area (Å²) >= 11 is 1.71. The lowest BCUT2D eigenvalue weighted by atomic mass is 10.1. The number of amides is 1. The molecule has 0 saturated carbocycles. The predicted molar refractivity (Wildman–Crippen MR) is 59.3 cm³/mol. The van der Waals surface area contributed by atoms with Crippen LogP contribution in [-0.4, -0.2) is 47.6 Å². The standard InChI is InChI=1S/C10H19NO2S/c1-8(7-14-2)10(13)11-4-3-9(5-11)6-12/h8-9,12H,3-7H2,1-2H3. The minimum atomic E-state index is 0.113. The summed E-state index contributed by atoms with van der Waals surface area (Å²) < 4.78 is 0. The summed E-state index contributed by atoms with van der Waals surface area (Å²) in [5.74, 6) is 1.55. The van der Waals surface area contributed by atoms with Gasteiger partial charge in [0.05, 0.1) is 0 Å². The van der Waals surface area contributed by atoms with Crippen molar-refractivity contribution in [3.8, 4) is 0 Å². The van der Waals surface area contributed by atoms with Gasteiger partial charge in [-0.2, -0.15) is 11.8 Å². The van der Waals surface area contributed by atoms with Crippen LogP contribution in [0.25, 0.3) is 0 Å². The lowest BCUT2D eigenvalue weighted by molar-refractivity contribution is -0.133. The smallest absolute Gasteiger partial charge is 0.226 e. The van der Waals surface area contributed by atoms with Crippen molar-refractivity contribution >= 4 is 17.7 Å². The molecule has 0 aliphatic carbocycles. The number of nitrogens with zero attached hydrogens (tertiary/aromatic N) is 1. The van der Waals surface area contributed by atoms with Gasteiger partial charge in [-0.3, -0.25) is 4.79 Å². The summed E-state index contributed by atoms with van der Waals surface area (Å²) in [6.45, 7) is 3.75. The van der Waals surface area contributed by atoms with Crippen LogP contribution >= 0.6 is 11.8 Å². The van der Waals surface area contributed by atoms with Gasteiger partial charge in [0.15, 0.2) is 0 Å². The molecule has 1 aliphatic heterocycles. The Labute approximate surface area is 89.9 Å². The van der Waals surface area contributed by atoms with Gasteiger partial charge < -0.3 is 10.0 Å². The molecule has 14 heavy (non-hydrogen) atoms. The normalized spacial score (nSPS) is 23.9. The average molecular weight is 217 g/mol. The molecule has 1 N–H and O–H groups in total. The number of aliphatic hydroxyl groups excluding tert-OH is 1. The topological polar surface area (TPSA) is 40.5 Å². The van der Waals surface area contributed by atoms with E-state index in [9.17, 15) is 4.79 Å². The minimum Gasteiger partial charge on any atom is -0.396 e. The molecule has 0 aromatic carbocycles. The molecule has 3 nitrogen and oxygen atoms in total. The molecule has 1 aliphatic rings. The fourth-order valence-electron chi connectivity index (χ4n) is 1.81. The Balaban J connectivity index is 2.38. The Hall–Kier alpha value is -0.220. The molecule has 82 valence electrons. The van der Waals surface area contributed by atoms with Crippen LogP contribution in [0, 0.1) is 11.8 Å². The molecule has 1 fully saturated rings. The van der Waals surface area contributed by atoms with E-state index in [0.29, 0.717) is 5.92 Å². The van der Waals surface area contributed by atoms with Crippen LogP contribution in [0.1, 0.15) is 13.3 Å². The lowest BCUT2D eigenvalue weighted by Crippen LogP contribution is -2.34. The monoisotopic (exact) mass is 217 g/mol. The van der Waals surface area contributed by atoms with Crippen LogP contribution in [-0.2, 0) is 4.79 Å². The van der Waals surface area contributed by atoms with Gasteiger partial charge >= 0.3 is 0 Å². The zero-order valence-electron chi connectivity index (χ0n) is 8.90. The highest BCUT2D eigenvalue weighted by Gasteiger charge is 2.28. The predicted octanol–water partition coefficient (Wildman–Crippen LogP) is 0.826. The molecular weight excluding hydrogens is 198 g/mol. The van der Waals surface area contributed by atoms with Crippen LogP contribution in [0.5, 0.6) is 0 Å². The van der Waals surface area contributed by atoms with Crippen molar-refractivity contribution in [3.63, 3.8) is 0 Å². The van der Waals surface area contributed by atoms with Gasteiger partial charge in [-0.05, 0) is 12.7 Å². The lowest BCUT2D eigenvalue weighted by Gasteiger charge is -2.20. The number of hydrogen-bond acceptors (Lipinski definition) is 3. The van der Waals surface area contributed by atoms with Crippen LogP contribution in [0.15, 0.2) is 0 Å². The van der Waals surface area contributed by atoms with Crippen LogP contribution in [0.3, 0.4) is 0 Å².